The molecule has 0 amide bonds. The van der Waals surface area contributed by atoms with E-state index in [9.17, 15) is 9.59 Å². The van der Waals surface area contributed by atoms with Gasteiger partial charge >= 0.3 is 11.6 Å². The van der Waals surface area contributed by atoms with Crippen LogP contribution in [0.5, 0.6) is 5.75 Å². The van der Waals surface area contributed by atoms with Crippen LogP contribution in [-0.4, -0.2) is 39.3 Å². The summed E-state index contributed by atoms with van der Waals surface area (Å²) in [4.78, 5) is 25.7. The number of para-hydroxylation sites is 1. The normalized spacial score (nSPS) is 15.4. The van der Waals surface area contributed by atoms with Crippen LogP contribution in [0.2, 0.25) is 0 Å². The van der Waals surface area contributed by atoms with E-state index < -0.39 is 11.6 Å². The Kier molecular flexibility index (Phi) is 5.15. The molecule has 6 heteroatoms. The van der Waals surface area contributed by atoms with Crippen LogP contribution in [-0.2, 0) is 4.74 Å². The molecular formula is C18H22NO5+. The number of likely N-dealkylation sites (tertiary alicyclic amines) is 1. The first-order chi connectivity index (χ1) is 11.7. The molecule has 2 heterocycles. The minimum absolute atomic E-state index is 0.0793. The van der Waals surface area contributed by atoms with E-state index in [4.69, 9.17) is 13.9 Å². The number of quaternary nitrogens is 1. The summed E-state index contributed by atoms with van der Waals surface area (Å²) in [6, 6.07) is 6.73. The number of piperidine rings is 1. The summed E-state index contributed by atoms with van der Waals surface area (Å²) in [6.45, 7) is 3.33. The average molecular weight is 332 g/mol. The quantitative estimate of drug-likeness (QED) is 0.654. The highest BCUT2D eigenvalue weighted by Gasteiger charge is 2.18. The number of carbonyl (C=O) groups is 1. The van der Waals surface area contributed by atoms with Gasteiger partial charge in [-0.2, -0.15) is 0 Å². The molecule has 1 saturated heterocycles. The summed E-state index contributed by atoms with van der Waals surface area (Å²) >= 11 is 0. The van der Waals surface area contributed by atoms with Crippen LogP contribution in [0.25, 0.3) is 11.0 Å². The molecule has 1 fully saturated rings. The van der Waals surface area contributed by atoms with Gasteiger partial charge < -0.3 is 18.8 Å². The van der Waals surface area contributed by atoms with Gasteiger partial charge in [0.15, 0.2) is 11.3 Å². The zero-order valence-corrected chi connectivity index (χ0v) is 13.8. The fourth-order valence-corrected chi connectivity index (χ4v) is 3.09. The van der Waals surface area contributed by atoms with Crippen molar-refractivity contribution in [3.63, 3.8) is 0 Å². The van der Waals surface area contributed by atoms with Gasteiger partial charge in [0.2, 0.25) is 0 Å². The summed E-state index contributed by atoms with van der Waals surface area (Å²) in [6.07, 6.45) is 3.73. The minimum atomic E-state index is -0.706. The Labute approximate surface area is 140 Å². The van der Waals surface area contributed by atoms with E-state index in [1.54, 1.807) is 18.2 Å². The van der Waals surface area contributed by atoms with Crippen LogP contribution in [0.3, 0.4) is 0 Å². The van der Waals surface area contributed by atoms with E-state index in [0.717, 1.165) is 19.6 Å². The molecule has 0 bridgehead atoms. The van der Waals surface area contributed by atoms with Crippen LogP contribution < -0.4 is 15.3 Å². The monoisotopic (exact) mass is 332 g/mol. The van der Waals surface area contributed by atoms with Crippen molar-refractivity contribution < 1.29 is 23.6 Å². The number of benzene rings is 1. The second-order valence-corrected chi connectivity index (χ2v) is 6.02. The minimum Gasteiger partial charge on any atom is -0.493 e. The first-order valence-corrected chi connectivity index (χ1v) is 8.30. The van der Waals surface area contributed by atoms with Crippen LogP contribution in [0, 0.1) is 0 Å². The zero-order valence-electron chi connectivity index (χ0n) is 13.8. The van der Waals surface area contributed by atoms with E-state index in [1.165, 1.54) is 37.3 Å². The SMILES string of the molecule is COc1cccc2cc(C(=O)OCC[NH+]3CCCCC3)c(=O)oc12. The molecule has 0 unspecified atom stereocenters. The van der Waals surface area contributed by atoms with Crippen molar-refractivity contribution in [1.82, 2.24) is 0 Å². The van der Waals surface area contributed by atoms with Gasteiger partial charge in [-0.1, -0.05) is 12.1 Å². The summed E-state index contributed by atoms with van der Waals surface area (Å²) in [5.41, 5.74) is -0.453. The number of carbonyl (C=O) groups excluding carboxylic acids is 1. The molecule has 0 radical (unpaired) electrons. The summed E-state index contributed by atoms with van der Waals surface area (Å²) in [7, 11) is 1.50. The first kappa shape index (κ1) is 16.5. The van der Waals surface area contributed by atoms with Crippen molar-refractivity contribution in [1.29, 1.82) is 0 Å². The maximum absolute atomic E-state index is 12.2. The predicted octanol–water partition coefficient (Wildman–Crippen LogP) is 1.03. The molecular weight excluding hydrogens is 310 g/mol. The molecule has 1 aliphatic heterocycles. The van der Waals surface area contributed by atoms with E-state index >= 15 is 0 Å². The second kappa shape index (κ2) is 7.49. The van der Waals surface area contributed by atoms with Gasteiger partial charge in [0.1, 0.15) is 18.7 Å². The van der Waals surface area contributed by atoms with Crippen LogP contribution in [0.15, 0.2) is 33.5 Å². The third-order valence-electron chi connectivity index (χ3n) is 4.41. The zero-order chi connectivity index (χ0) is 16.9. The highest BCUT2D eigenvalue weighted by atomic mass is 16.5. The maximum Gasteiger partial charge on any atom is 0.351 e. The van der Waals surface area contributed by atoms with Gasteiger partial charge in [-0.25, -0.2) is 9.59 Å². The molecule has 1 N–H and O–H groups in total. The Morgan fingerprint density at radius 1 is 1.25 bits per heavy atom. The molecule has 0 aliphatic carbocycles. The second-order valence-electron chi connectivity index (χ2n) is 6.02. The van der Waals surface area contributed by atoms with Crippen molar-refractivity contribution in [3.05, 3.63) is 40.2 Å². The largest absolute Gasteiger partial charge is 0.493 e. The number of methoxy groups -OCH3 is 1. The molecule has 0 spiro atoms. The molecule has 0 atom stereocenters. The third-order valence-corrected chi connectivity index (χ3v) is 4.41. The standard InChI is InChI=1S/C18H21NO5/c1-22-15-7-5-6-13-12-14(18(21)24-16(13)15)17(20)23-11-10-19-8-3-2-4-9-19/h5-7,12H,2-4,8-11H2,1H3/p+1. The smallest absolute Gasteiger partial charge is 0.351 e. The molecule has 1 aromatic heterocycles. The molecule has 2 aromatic rings. The summed E-state index contributed by atoms with van der Waals surface area (Å²) in [5.74, 6) is -0.178. The molecule has 24 heavy (non-hydrogen) atoms. The van der Waals surface area contributed by atoms with Crippen molar-refractivity contribution in [2.45, 2.75) is 19.3 Å². The van der Waals surface area contributed by atoms with Gasteiger partial charge in [-0.15, -0.1) is 0 Å². The fourth-order valence-electron chi connectivity index (χ4n) is 3.09. The predicted molar refractivity (Wildman–Crippen MR) is 88.7 cm³/mol. The Morgan fingerprint density at radius 3 is 2.79 bits per heavy atom. The third kappa shape index (κ3) is 3.59. The topological polar surface area (TPSA) is 70.2 Å². The van der Waals surface area contributed by atoms with Gasteiger partial charge in [0.25, 0.3) is 0 Å². The summed E-state index contributed by atoms with van der Waals surface area (Å²) in [5, 5.41) is 0.627. The number of fused-ring (bicyclic) bond motifs is 1. The summed E-state index contributed by atoms with van der Waals surface area (Å²) < 4.78 is 15.7. The molecule has 1 aromatic carbocycles. The van der Waals surface area contributed by atoms with Crippen LogP contribution in [0.1, 0.15) is 29.6 Å². The number of hydrogen-bond donors (Lipinski definition) is 1. The number of hydrogen-bond acceptors (Lipinski definition) is 5. The Balaban J connectivity index is 1.70. The molecule has 0 saturated carbocycles. The van der Waals surface area contributed by atoms with Crippen molar-refractivity contribution >= 4 is 16.9 Å². The molecule has 128 valence electrons. The van der Waals surface area contributed by atoms with Crippen LogP contribution in [0.4, 0.5) is 0 Å². The first-order valence-electron chi connectivity index (χ1n) is 8.30. The lowest BCUT2D eigenvalue weighted by atomic mass is 10.1. The van der Waals surface area contributed by atoms with Crippen molar-refractivity contribution in [3.8, 4) is 5.75 Å². The lowest BCUT2D eigenvalue weighted by Gasteiger charge is -2.23. The number of esters is 1. The van der Waals surface area contributed by atoms with Gasteiger partial charge in [-0.3, -0.25) is 0 Å². The number of rotatable bonds is 5. The Bertz CT molecular complexity index is 777. The van der Waals surface area contributed by atoms with Gasteiger partial charge in [0.05, 0.1) is 20.2 Å². The van der Waals surface area contributed by atoms with Gasteiger partial charge in [-0.05, 0) is 31.4 Å². The van der Waals surface area contributed by atoms with Crippen molar-refractivity contribution in [2.75, 3.05) is 33.4 Å². The van der Waals surface area contributed by atoms with E-state index in [1.807, 2.05) is 0 Å². The lowest BCUT2D eigenvalue weighted by molar-refractivity contribution is -0.905. The Hall–Kier alpha value is -2.34. The Morgan fingerprint density at radius 2 is 2.04 bits per heavy atom. The molecule has 1 aliphatic rings. The highest BCUT2D eigenvalue weighted by molar-refractivity contribution is 5.93. The van der Waals surface area contributed by atoms with Crippen molar-refractivity contribution in [2.24, 2.45) is 0 Å². The van der Waals surface area contributed by atoms with Crippen LogP contribution >= 0.6 is 0 Å². The highest BCUT2D eigenvalue weighted by Crippen LogP contribution is 2.24. The maximum atomic E-state index is 12.2. The average Bonchev–Trinajstić information content (AvgIpc) is 2.61. The van der Waals surface area contributed by atoms with E-state index in [2.05, 4.69) is 0 Å². The number of nitrogens with one attached hydrogen (secondary N) is 1. The van der Waals surface area contributed by atoms with E-state index in [0.29, 0.717) is 23.3 Å². The lowest BCUT2D eigenvalue weighted by Crippen LogP contribution is -3.13. The molecule has 3 rings (SSSR count). The number of ether oxygens (including phenoxy) is 2. The fraction of sp³-hybridized carbons (Fsp3) is 0.444. The van der Waals surface area contributed by atoms with Gasteiger partial charge in [0, 0.05) is 5.39 Å². The van der Waals surface area contributed by atoms with E-state index in [-0.39, 0.29) is 5.56 Å². The molecule has 6 nitrogen and oxygen atoms in total.